The Morgan fingerprint density at radius 1 is 1.42 bits per heavy atom. The number of carbonyl (C=O) groups excluding carboxylic acids is 1. The van der Waals surface area contributed by atoms with Gasteiger partial charge in [0.15, 0.2) is 0 Å². The van der Waals surface area contributed by atoms with Crippen molar-refractivity contribution in [1.29, 1.82) is 0 Å². The van der Waals surface area contributed by atoms with Crippen LogP contribution in [0.4, 0.5) is 0 Å². The van der Waals surface area contributed by atoms with E-state index in [1.165, 1.54) is 0 Å². The minimum Gasteiger partial charge on any atom is -0.351 e. The topological polar surface area (TPSA) is 58.4 Å². The third kappa shape index (κ3) is 3.55. The molecule has 0 aliphatic carbocycles. The van der Waals surface area contributed by atoms with Gasteiger partial charge in [-0.1, -0.05) is 37.3 Å². The van der Waals surface area contributed by atoms with Gasteiger partial charge in [-0.05, 0) is 31.5 Å². The fourth-order valence-electron chi connectivity index (χ4n) is 2.65. The fraction of sp³-hybridized carbons (Fsp3) is 0.533. The van der Waals surface area contributed by atoms with Gasteiger partial charge in [-0.2, -0.15) is 0 Å². The molecule has 104 valence electrons. The minimum atomic E-state index is -0.576. The van der Waals surface area contributed by atoms with Gasteiger partial charge >= 0.3 is 0 Å². The Kier molecular flexibility index (Phi) is 4.56. The second kappa shape index (κ2) is 6.17. The Balaban J connectivity index is 1.94. The largest absolute Gasteiger partial charge is 0.351 e. The van der Waals surface area contributed by atoms with E-state index >= 15 is 0 Å². The summed E-state index contributed by atoms with van der Waals surface area (Å²) < 4.78 is 0. The number of amides is 1. The molecular formula is C15H23N3O. The van der Waals surface area contributed by atoms with Crippen LogP contribution in [0.3, 0.4) is 0 Å². The van der Waals surface area contributed by atoms with Crippen molar-refractivity contribution in [3.8, 4) is 0 Å². The lowest BCUT2D eigenvalue weighted by Gasteiger charge is -2.35. The van der Waals surface area contributed by atoms with E-state index in [1.807, 2.05) is 30.3 Å². The second-order valence-electron chi connectivity index (χ2n) is 5.53. The average Bonchev–Trinajstić information content (AvgIpc) is 2.42. The maximum atomic E-state index is 12.2. The summed E-state index contributed by atoms with van der Waals surface area (Å²) in [6.45, 7) is 4.22. The summed E-state index contributed by atoms with van der Waals surface area (Å²) in [6.07, 6.45) is 0.991. The van der Waals surface area contributed by atoms with Gasteiger partial charge in [-0.15, -0.1) is 0 Å². The van der Waals surface area contributed by atoms with Crippen molar-refractivity contribution < 1.29 is 4.79 Å². The van der Waals surface area contributed by atoms with E-state index in [2.05, 4.69) is 24.2 Å². The van der Waals surface area contributed by atoms with Gasteiger partial charge in [-0.3, -0.25) is 4.79 Å². The van der Waals surface area contributed by atoms with E-state index in [0.717, 1.165) is 25.1 Å². The summed E-state index contributed by atoms with van der Waals surface area (Å²) in [7, 11) is 2.12. The monoisotopic (exact) mass is 261 g/mol. The first-order valence-corrected chi connectivity index (χ1v) is 6.87. The van der Waals surface area contributed by atoms with Crippen molar-refractivity contribution in [2.45, 2.75) is 25.4 Å². The van der Waals surface area contributed by atoms with Crippen molar-refractivity contribution in [3.63, 3.8) is 0 Å². The smallest absolute Gasteiger partial charge is 0.241 e. The molecule has 4 heteroatoms. The molecule has 1 fully saturated rings. The van der Waals surface area contributed by atoms with Crippen LogP contribution in [0.1, 0.15) is 24.9 Å². The van der Waals surface area contributed by atoms with Crippen LogP contribution in [0.5, 0.6) is 0 Å². The lowest BCUT2D eigenvalue weighted by molar-refractivity contribution is -0.123. The van der Waals surface area contributed by atoms with Crippen molar-refractivity contribution >= 4 is 5.91 Å². The Labute approximate surface area is 115 Å². The van der Waals surface area contributed by atoms with Crippen LogP contribution in [-0.2, 0) is 4.79 Å². The first kappa shape index (κ1) is 14.0. The summed E-state index contributed by atoms with van der Waals surface area (Å²) in [4.78, 5) is 14.5. The van der Waals surface area contributed by atoms with E-state index in [-0.39, 0.29) is 11.9 Å². The van der Waals surface area contributed by atoms with Crippen LogP contribution in [-0.4, -0.2) is 37.0 Å². The molecule has 4 nitrogen and oxygen atoms in total. The van der Waals surface area contributed by atoms with Crippen molar-refractivity contribution in [1.82, 2.24) is 10.2 Å². The summed E-state index contributed by atoms with van der Waals surface area (Å²) in [5.41, 5.74) is 6.87. The highest BCUT2D eigenvalue weighted by atomic mass is 16.2. The van der Waals surface area contributed by atoms with Gasteiger partial charge in [0.05, 0.1) is 0 Å². The predicted molar refractivity (Wildman–Crippen MR) is 76.6 cm³/mol. The zero-order valence-corrected chi connectivity index (χ0v) is 11.7. The first-order chi connectivity index (χ1) is 9.08. The van der Waals surface area contributed by atoms with Crippen LogP contribution in [0, 0.1) is 5.92 Å². The third-order valence-electron chi connectivity index (χ3n) is 3.88. The van der Waals surface area contributed by atoms with Crippen molar-refractivity contribution in [2.75, 3.05) is 20.1 Å². The number of hydrogen-bond acceptors (Lipinski definition) is 3. The number of benzene rings is 1. The molecule has 0 spiro atoms. The predicted octanol–water partition coefficient (Wildman–Crippen LogP) is 1.14. The van der Waals surface area contributed by atoms with Gasteiger partial charge in [0.1, 0.15) is 6.04 Å². The lowest BCUT2D eigenvalue weighted by atomic mass is 9.93. The van der Waals surface area contributed by atoms with E-state index in [1.54, 1.807) is 0 Å². The SMILES string of the molecule is CC1CN(C)CCC1NC(=O)[C@@H](N)c1ccccc1. The maximum Gasteiger partial charge on any atom is 0.241 e. The Bertz CT molecular complexity index is 421. The number of nitrogens with zero attached hydrogens (tertiary/aromatic N) is 1. The molecule has 1 heterocycles. The summed E-state index contributed by atoms with van der Waals surface area (Å²) >= 11 is 0. The standard InChI is InChI=1S/C15H23N3O/c1-11-10-18(2)9-8-13(11)17-15(19)14(16)12-6-4-3-5-7-12/h3-7,11,13-14H,8-10,16H2,1-2H3,(H,17,19)/t11?,13?,14-/m0/s1. The molecule has 1 aromatic carbocycles. The summed E-state index contributed by atoms with van der Waals surface area (Å²) in [5, 5.41) is 3.10. The molecule has 0 bridgehead atoms. The molecule has 2 unspecified atom stereocenters. The molecule has 0 radical (unpaired) electrons. The molecule has 3 atom stereocenters. The van der Waals surface area contributed by atoms with E-state index in [9.17, 15) is 4.79 Å². The fourth-order valence-corrected chi connectivity index (χ4v) is 2.65. The van der Waals surface area contributed by atoms with Crippen LogP contribution in [0.2, 0.25) is 0 Å². The number of likely N-dealkylation sites (tertiary alicyclic amines) is 1. The number of piperidine rings is 1. The molecule has 0 saturated carbocycles. The molecule has 1 aromatic rings. The Morgan fingerprint density at radius 3 is 2.74 bits per heavy atom. The molecule has 19 heavy (non-hydrogen) atoms. The molecule has 1 aliphatic heterocycles. The number of carbonyl (C=O) groups is 1. The average molecular weight is 261 g/mol. The quantitative estimate of drug-likeness (QED) is 0.858. The van der Waals surface area contributed by atoms with Gasteiger partial charge in [0.25, 0.3) is 0 Å². The van der Waals surface area contributed by atoms with Crippen LogP contribution >= 0.6 is 0 Å². The Morgan fingerprint density at radius 2 is 2.11 bits per heavy atom. The van der Waals surface area contributed by atoms with Gasteiger partial charge in [-0.25, -0.2) is 0 Å². The third-order valence-corrected chi connectivity index (χ3v) is 3.88. The molecule has 1 saturated heterocycles. The number of rotatable bonds is 3. The molecule has 3 N–H and O–H groups in total. The molecular weight excluding hydrogens is 238 g/mol. The maximum absolute atomic E-state index is 12.2. The number of nitrogens with one attached hydrogen (secondary N) is 1. The summed E-state index contributed by atoms with van der Waals surface area (Å²) in [5.74, 6) is 0.387. The molecule has 1 aliphatic rings. The molecule has 2 rings (SSSR count). The second-order valence-corrected chi connectivity index (χ2v) is 5.53. The lowest BCUT2D eigenvalue weighted by Crippen LogP contribution is -2.50. The number of hydrogen-bond donors (Lipinski definition) is 2. The minimum absolute atomic E-state index is 0.0763. The zero-order valence-electron chi connectivity index (χ0n) is 11.7. The zero-order chi connectivity index (χ0) is 13.8. The first-order valence-electron chi connectivity index (χ1n) is 6.87. The highest BCUT2D eigenvalue weighted by Crippen LogP contribution is 2.17. The van der Waals surface area contributed by atoms with Crippen LogP contribution in [0.25, 0.3) is 0 Å². The van der Waals surface area contributed by atoms with E-state index in [0.29, 0.717) is 5.92 Å². The van der Waals surface area contributed by atoms with Gasteiger partial charge in [0, 0.05) is 12.6 Å². The van der Waals surface area contributed by atoms with Gasteiger partial charge in [0.2, 0.25) is 5.91 Å². The van der Waals surface area contributed by atoms with E-state index < -0.39 is 6.04 Å². The number of nitrogens with two attached hydrogens (primary N) is 1. The Hall–Kier alpha value is -1.39. The van der Waals surface area contributed by atoms with Crippen LogP contribution < -0.4 is 11.1 Å². The van der Waals surface area contributed by atoms with E-state index in [4.69, 9.17) is 5.73 Å². The highest BCUT2D eigenvalue weighted by molar-refractivity contribution is 5.83. The van der Waals surface area contributed by atoms with Crippen LogP contribution in [0.15, 0.2) is 30.3 Å². The summed E-state index contributed by atoms with van der Waals surface area (Å²) in [6, 6.07) is 9.17. The normalized spacial score (nSPS) is 25.8. The molecule has 0 aromatic heterocycles. The molecule has 1 amide bonds. The van der Waals surface area contributed by atoms with Gasteiger partial charge < -0.3 is 16.0 Å². The van der Waals surface area contributed by atoms with Crippen molar-refractivity contribution in [2.24, 2.45) is 11.7 Å². The van der Waals surface area contributed by atoms with Crippen molar-refractivity contribution in [3.05, 3.63) is 35.9 Å². The highest BCUT2D eigenvalue weighted by Gasteiger charge is 2.27.